The molecule has 9 heteroatoms. The van der Waals surface area contributed by atoms with Gasteiger partial charge < -0.3 is 25.7 Å². The van der Waals surface area contributed by atoms with Crippen molar-refractivity contribution in [3.05, 3.63) is 54.4 Å². The molecule has 3 fully saturated rings. The number of hydrogen-bond donors (Lipinski definition) is 3. The van der Waals surface area contributed by atoms with Gasteiger partial charge in [-0.05, 0) is 80.2 Å². The second-order valence-corrected chi connectivity index (χ2v) is 11.8. The number of anilines is 3. The number of aromatic nitrogens is 3. The highest BCUT2D eigenvalue weighted by molar-refractivity contribution is 5.85. The molecule has 0 amide bonds. The zero-order valence-electron chi connectivity index (χ0n) is 23.5. The maximum atomic E-state index is 10.3. The monoisotopic (exact) mass is 551 g/mol. The standard InChI is InChI=1S/C32H37N7O2/c1-32(21-40)13-10-22(11-14-32)34-15-4-5-23-17-24(12-16-35-23)39-25-8-9-26(39)20-38(19-25)29-18-28(36-37-31(29)33)27-6-2-3-7-30(27)41/h2-3,6-7,12,16-18,25-26,40-41H,8-11,13-15,19-21H2,1H3,(H2,33,37). The highest BCUT2D eigenvalue weighted by Crippen LogP contribution is 2.39. The number of phenolic OH excluding ortho intramolecular Hbond substituents is 1. The Morgan fingerprint density at radius 2 is 1.83 bits per heavy atom. The second-order valence-electron chi connectivity index (χ2n) is 11.8. The van der Waals surface area contributed by atoms with Gasteiger partial charge in [-0.15, -0.1) is 10.2 Å². The summed E-state index contributed by atoms with van der Waals surface area (Å²) in [7, 11) is 0. The van der Waals surface area contributed by atoms with Crippen LogP contribution in [-0.4, -0.2) is 69.4 Å². The van der Waals surface area contributed by atoms with Gasteiger partial charge in [0.15, 0.2) is 5.82 Å². The fourth-order valence-electron chi connectivity index (χ4n) is 6.38. The van der Waals surface area contributed by atoms with Gasteiger partial charge in [-0.25, -0.2) is 4.98 Å². The summed E-state index contributed by atoms with van der Waals surface area (Å²) in [4.78, 5) is 14.0. The number of nitrogens with two attached hydrogens (primary N) is 1. The molecule has 1 saturated carbocycles. The molecule has 0 spiro atoms. The van der Waals surface area contributed by atoms with Crippen LogP contribution in [-0.2, 0) is 0 Å². The Morgan fingerprint density at radius 1 is 1.07 bits per heavy atom. The number of piperazine rings is 1. The lowest BCUT2D eigenvalue weighted by atomic mass is 9.76. The third-order valence-corrected chi connectivity index (χ3v) is 8.86. The maximum Gasteiger partial charge on any atom is 0.169 e. The summed E-state index contributed by atoms with van der Waals surface area (Å²) in [6, 6.07) is 13.9. The molecule has 41 heavy (non-hydrogen) atoms. The second kappa shape index (κ2) is 11.4. The fraction of sp³-hybridized carbons (Fsp3) is 0.438. The van der Waals surface area contributed by atoms with E-state index in [1.807, 2.05) is 24.4 Å². The third kappa shape index (κ3) is 5.70. The average Bonchev–Trinajstić information content (AvgIpc) is 3.26. The van der Waals surface area contributed by atoms with Crippen LogP contribution in [0.25, 0.3) is 11.3 Å². The molecule has 4 heterocycles. The van der Waals surface area contributed by atoms with Crippen LogP contribution in [0.5, 0.6) is 5.75 Å². The number of phenols is 1. The SMILES string of the molecule is CC1(CO)CCC(=NCC#Cc2cc(N3C4CCC3CN(c3cc(-c5ccccc5O)nnc3N)C4)ccn2)CC1. The number of aliphatic hydroxyl groups excluding tert-OH is 1. The summed E-state index contributed by atoms with van der Waals surface area (Å²) in [5, 5.41) is 28.4. The van der Waals surface area contributed by atoms with Crippen molar-refractivity contribution in [3.8, 4) is 28.8 Å². The molecule has 9 nitrogen and oxygen atoms in total. The first-order valence-corrected chi connectivity index (χ1v) is 14.5. The zero-order valence-corrected chi connectivity index (χ0v) is 23.5. The molecule has 0 radical (unpaired) electrons. The van der Waals surface area contributed by atoms with E-state index in [1.54, 1.807) is 12.1 Å². The van der Waals surface area contributed by atoms with Gasteiger partial charge in [0.1, 0.15) is 18.0 Å². The minimum atomic E-state index is 0.0385. The van der Waals surface area contributed by atoms with Crippen molar-refractivity contribution in [3.63, 3.8) is 0 Å². The summed E-state index contributed by atoms with van der Waals surface area (Å²) in [5.41, 5.74) is 11.6. The summed E-state index contributed by atoms with van der Waals surface area (Å²) in [6.07, 6.45) is 7.90. The Balaban J connectivity index is 1.13. The number of benzene rings is 1. The summed E-state index contributed by atoms with van der Waals surface area (Å²) in [5.74, 6) is 6.97. The van der Waals surface area contributed by atoms with Crippen LogP contribution < -0.4 is 15.5 Å². The van der Waals surface area contributed by atoms with E-state index in [0.29, 0.717) is 35.7 Å². The van der Waals surface area contributed by atoms with Crippen molar-refractivity contribution in [2.75, 3.05) is 41.8 Å². The highest BCUT2D eigenvalue weighted by atomic mass is 16.3. The molecule has 2 atom stereocenters. The van der Waals surface area contributed by atoms with E-state index in [0.717, 1.165) is 68.7 Å². The lowest BCUT2D eigenvalue weighted by Crippen LogP contribution is -2.54. The first-order chi connectivity index (χ1) is 19.9. The maximum absolute atomic E-state index is 10.3. The van der Waals surface area contributed by atoms with E-state index in [1.165, 1.54) is 5.71 Å². The van der Waals surface area contributed by atoms with Gasteiger partial charge >= 0.3 is 0 Å². The number of aromatic hydroxyl groups is 1. The average molecular weight is 552 g/mol. The predicted octanol–water partition coefficient (Wildman–Crippen LogP) is 4.05. The lowest BCUT2D eigenvalue weighted by Gasteiger charge is -2.43. The van der Waals surface area contributed by atoms with Crippen molar-refractivity contribution in [2.45, 2.75) is 57.5 Å². The fourth-order valence-corrected chi connectivity index (χ4v) is 6.38. The van der Waals surface area contributed by atoms with Gasteiger partial charge in [-0.1, -0.05) is 25.0 Å². The van der Waals surface area contributed by atoms with Gasteiger partial charge in [-0.3, -0.25) is 4.99 Å². The Kier molecular flexibility index (Phi) is 7.50. The molecule has 1 aromatic carbocycles. The smallest absolute Gasteiger partial charge is 0.169 e. The largest absolute Gasteiger partial charge is 0.507 e. The minimum Gasteiger partial charge on any atom is -0.507 e. The number of aliphatic imine (C=N–C) groups is 1. The van der Waals surface area contributed by atoms with Crippen LogP contribution >= 0.6 is 0 Å². The van der Waals surface area contributed by atoms with Crippen LogP contribution in [0.2, 0.25) is 0 Å². The number of hydrogen-bond acceptors (Lipinski definition) is 9. The van der Waals surface area contributed by atoms with Crippen LogP contribution in [0.15, 0.2) is 53.7 Å². The number of aliphatic hydroxyl groups is 1. The van der Waals surface area contributed by atoms with Crippen molar-refractivity contribution in [2.24, 2.45) is 10.4 Å². The first kappa shape index (κ1) is 27.0. The minimum absolute atomic E-state index is 0.0385. The van der Waals surface area contributed by atoms with Gasteiger partial charge in [0.2, 0.25) is 0 Å². The van der Waals surface area contributed by atoms with E-state index < -0.39 is 0 Å². The molecule has 6 rings (SSSR count). The van der Waals surface area contributed by atoms with E-state index in [2.05, 4.69) is 55.9 Å². The van der Waals surface area contributed by atoms with Crippen LogP contribution in [0.4, 0.5) is 17.2 Å². The quantitative estimate of drug-likeness (QED) is 0.406. The summed E-state index contributed by atoms with van der Waals surface area (Å²) in [6.45, 7) is 4.51. The summed E-state index contributed by atoms with van der Waals surface area (Å²) < 4.78 is 0. The normalized spacial score (nSPS) is 23.7. The van der Waals surface area contributed by atoms with Crippen LogP contribution in [0.3, 0.4) is 0 Å². The number of pyridine rings is 1. The Hall–Kier alpha value is -4.16. The van der Waals surface area contributed by atoms with Gasteiger partial charge in [-0.2, -0.15) is 0 Å². The number of para-hydroxylation sites is 1. The summed E-state index contributed by atoms with van der Waals surface area (Å²) >= 11 is 0. The van der Waals surface area contributed by atoms with Crippen molar-refractivity contribution in [1.29, 1.82) is 0 Å². The molecular formula is C32H37N7O2. The van der Waals surface area contributed by atoms with E-state index in [-0.39, 0.29) is 17.8 Å². The van der Waals surface area contributed by atoms with Gasteiger partial charge in [0, 0.05) is 54.9 Å². The molecule has 2 bridgehead atoms. The number of nitrogens with zero attached hydrogens (tertiary/aromatic N) is 6. The lowest BCUT2D eigenvalue weighted by molar-refractivity contribution is 0.121. The molecule has 2 saturated heterocycles. The topological polar surface area (TPSA) is 124 Å². The number of rotatable bonds is 5. The molecule has 4 N–H and O–H groups in total. The van der Waals surface area contributed by atoms with E-state index >= 15 is 0 Å². The molecule has 212 valence electrons. The van der Waals surface area contributed by atoms with Crippen LogP contribution in [0.1, 0.15) is 51.1 Å². The van der Waals surface area contributed by atoms with Crippen molar-refractivity contribution < 1.29 is 10.2 Å². The zero-order chi connectivity index (χ0) is 28.4. The Morgan fingerprint density at radius 3 is 2.56 bits per heavy atom. The molecule has 1 aliphatic carbocycles. The molecule has 2 aromatic heterocycles. The van der Waals surface area contributed by atoms with Crippen molar-refractivity contribution >= 4 is 22.9 Å². The number of nitrogen functional groups attached to an aromatic ring is 1. The van der Waals surface area contributed by atoms with E-state index in [9.17, 15) is 10.2 Å². The molecular weight excluding hydrogens is 514 g/mol. The molecule has 3 aliphatic rings. The molecule has 2 unspecified atom stereocenters. The number of fused-ring (bicyclic) bond motifs is 2. The predicted molar refractivity (Wildman–Crippen MR) is 162 cm³/mol. The van der Waals surface area contributed by atoms with E-state index in [4.69, 9.17) is 10.7 Å². The van der Waals surface area contributed by atoms with Gasteiger partial charge in [0.05, 0.1) is 11.4 Å². The molecule has 2 aliphatic heterocycles. The van der Waals surface area contributed by atoms with Crippen LogP contribution in [0, 0.1) is 17.3 Å². The highest BCUT2D eigenvalue weighted by Gasteiger charge is 2.40. The van der Waals surface area contributed by atoms with Crippen molar-refractivity contribution in [1.82, 2.24) is 15.2 Å². The third-order valence-electron chi connectivity index (χ3n) is 8.86. The Labute approximate surface area is 241 Å². The molecule has 3 aromatic rings. The first-order valence-electron chi connectivity index (χ1n) is 14.5. The Bertz CT molecular complexity index is 1490. The van der Waals surface area contributed by atoms with Gasteiger partial charge in [0.25, 0.3) is 0 Å².